The van der Waals surface area contributed by atoms with Crippen molar-refractivity contribution in [2.75, 3.05) is 6.61 Å². The minimum atomic E-state index is -0.757. The molecule has 0 aliphatic rings. The highest BCUT2D eigenvalue weighted by Gasteiger charge is 2.10. The largest absolute Gasteiger partial charge is 0.452 e. The standard InChI is InChI=1S/C11H11FN2O4/c1-7(15)13-14-10(16)6-18-11(17)8-2-4-9(12)5-3-8/h2-5H,6H2,1H3,(H,13,15)(H,14,16). The number of nitrogens with one attached hydrogen (secondary N) is 2. The average Bonchev–Trinajstić information content (AvgIpc) is 2.34. The molecule has 0 saturated carbocycles. The lowest BCUT2D eigenvalue weighted by molar-refractivity contribution is -0.129. The van der Waals surface area contributed by atoms with Gasteiger partial charge in [-0.15, -0.1) is 0 Å². The number of hydrogen-bond donors (Lipinski definition) is 2. The molecule has 1 aromatic rings. The zero-order chi connectivity index (χ0) is 13.5. The van der Waals surface area contributed by atoms with Crippen molar-refractivity contribution in [2.24, 2.45) is 0 Å². The molecule has 0 atom stereocenters. The molecule has 0 aliphatic heterocycles. The quantitative estimate of drug-likeness (QED) is 0.594. The van der Waals surface area contributed by atoms with Crippen LogP contribution in [0.5, 0.6) is 0 Å². The fraction of sp³-hybridized carbons (Fsp3) is 0.182. The van der Waals surface area contributed by atoms with E-state index < -0.39 is 30.2 Å². The second-order valence-corrected chi connectivity index (χ2v) is 3.31. The van der Waals surface area contributed by atoms with Crippen molar-refractivity contribution in [3.05, 3.63) is 35.6 Å². The first-order valence-corrected chi connectivity index (χ1v) is 4.97. The molecule has 18 heavy (non-hydrogen) atoms. The molecule has 2 N–H and O–H groups in total. The van der Waals surface area contributed by atoms with Gasteiger partial charge in [0.15, 0.2) is 6.61 Å². The van der Waals surface area contributed by atoms with Gasteiger partial charge in [-0.1, -0.05) is 0 Å². The van der Waals surface area contributed by atoms with Gasteiger partial charge < -0.3 is 4.74 Å². The van der Waals surface area contributed by atoms with Gasteiger partial charge in [0.1, 0.15) is 5.82 Å². The highest BCUT2D eigenvalue weighted by molar-refractivity contribution is 5.91. The maximum absolute atomic E-state index is 12.6. The van der Waals surface area contributed by atoms with E-state index in [0.717, 1.165) is 12.1 Å². The molecule has 0 aromatic heterocycles. The molecule has 0 heterocycles. The van der Waals surface area contributed by atoms with E-state index >= 15 is 0 Å². The van der Waals surface area contributed by atoms with Crippen LogP contribution in [-0.2, 0) is 14.3 Å². The van der Waals surface area contributed by atoms with Crippen LogP contribution in [0.2, 0.25) is 0 Å². The lowest BCUT2D eigenvalue weighted by atomic mass is 10.2. The van der Waals surface area contributed by atoms with Gasteiger partial charge in [-0.25, -0.2) is 9.18 Å². The number of halogens is 1. The number of benzene rings is 1. The fourth-order valence-corrected chi connectivity index (χ4v) is 0.994. The van der Waals surface area contributed by atoms with E-state index in [9.17, 15) is 18.8 Å². The lowest BCUT2D eigenvalue weighted by Crippen LogP contribution is -2.42. The Morgan fingerprint density at radius 2 is 1.78 bits per heavy atom. The molecule has 0 spiro atoms. The first kappa shape index (κ1) is 13.6. The molecule has 2 amide bonds. The summed E-state index contributed by atoms with van der Waals surface area (Å²) in [7, 11) is 0. The summed E-state index contributed by atoms with van der Waals surface area (Å²) in [6, 6.07) is 4.69. The molecule has 0 unspecified atom stereocenters. The molecular weight excluding hydrogens is 243 g/mol. The summed E-state index contributed by atoms with van der Waals surface area (Å²) in [5, 5.41) is 0. The van der Waals surface area contributed by atoms with E-state index in [4.69, 9.17) is 0 Å². The van der Waals surface area contributed by atoms with Crippen molar-refractivity contribution >= 4 is 17.8 Å². The number of amides is 2. The van der Waals surface area contributed by atoms with Gasteiger partial charge in [0.2, 0.25) is 5.91 Å². The number of hydrogen-bond acceptors (Lipinski definition) is 4. The summed E-state index contributed by atoms with van der Waals surface area (Å²) < 4.78 is 17.2. The van der Waals surface area contributed by atoms with Gasteiger partial charge in [-0.3, -0.25) is 20.4 Å². The topological polar surface area (TPSA) is 84.5 Å². The zero-order valence-electron chi connectivity index (χ0n) is 9.53. The molecule has 0 radical (unpaired) electrons. The third-order valence-corrected chi connectivity index (χ3v) is 1.79. The third-order valence-electron chi connectivity index (χ3n) is 1.79. The van der Waals surface area contributed by atoms with Crippen LogP contribution < -0.4 is 10.9 Å². The molecule has 1 rings (SSSR count). The van der Waals surface area contributed by atoms with Crippen LogP contribution in [0.25, 0.3) is 0 Å². The summed E-state index contributed by atoms with van der Waals surface area (Å²) in [5.41, 5.74) is 4.19. The predicted octanol–water partition coefficient (Wildman–Crippen LogP) is 0.150. The van der Waals surface area contributed by atoms with Crippen molar-refractivity contribution in [1.29, 1.82) is 0 Å². The number of hydrazine groups is 1. The maximum atomic E-state index is 12.6. The number of rotatable bonds is 3. The first-order chi connectivity index (χ1) is 8.49. The Bertz CT molecular complexity index is 459. The smallest absolute Gasteiger partial charge is 0.338 e. The summed E-state index contributed by atoms with van der Waals surface area (Å²) in [4.78, 5) is 32.9. The minimum absolute atomic E-state index is 0.128. The summed E-state index contributed by atoms with van der Waals surface area (Å²) in [5.74, 6) is -2.36. The minimum Gasteiger partial charge on any atom is -0.452 e. The second-order valence-electron chi connectivity index (χ2n) is 3.31. The molecule has 1 aromatic carbocycles. The Kier molecular flexibility index (Phi) is 4.79. The Morgan fingerprint density at radius 3 is 2.33 bits per heavy atom. The molecule has 7 heteroatoms. The highest BCUT2D eigenvalue weighted by Crippen LogP contribution is 2.04. The van der Waals surface area contributed by atoms with Gasteiger partial charge in [-0.2, -0.15) is 0 Å². The van der Waals surface area contributed by atoms with Crippen molar-refractivity contribution in [1.82, 2.24) is 10.9 Å². The van der Waals surface area contributed by atoms with Crippen LogP contribution in [0, 0.1) is 5.82 Å². The summed E-state index contributed by atoms with van der Waals surface area (Å²) >= 11 is 0. The average molecular weight is 254 g/mol. The van der Waals surface area contributed by atoms with Gasteiger partial charge in [-0.05, 0) is 24.3 Å². The Morgan fingerprint density at radius 1 is 1.17 bits per heavy atom. The van der Waals surface area contributed by atoms with Gasteiger partial charge in [0.05, 0.1) is 5.56 Å². The molecule has 0 saturated heterocycles. The molecular formula is C11H11FN2O4. The van der Waals surface area contributed by atoms with Crippen molar-refractivity contribution in [3.8, 4) is 0 Å². The predicted molar refractivity (Wildman–Crippen MR) is 58.6 cm³/mol. The van der Waals surface area contributed by atoms with E-state index in [1.54, 1.807) is 0 Å². The van der Waals surface area contributed by atoms with E-state index in [1.165, 1.54) is 19.1 Å². The van der Waals surface area contributed by atoms with Crippen LogP contribution in [0.1, 0.15) is 17.3 Å². The lowest BCUT2D eigenvalue weighted by Gasteiger charge is -2.06. The van der Waals surface area contributed by atoms with E-state index in [1.807, 2.05) is 10.9 Å². The second kappa shape index (κ2) is 6.33. The number of ether oxygens (including phenoxy) is 1. The van der Waals surface area contributed by atoms with E-state index in [-0.39, 0.29) is 5.56 Å². The number of esters is 1. The molecule has 0 bridgehead atoms. The SMILES string of the molecule is CC(=O)NNC(=O)COC(=O)c1ccc(F)cc1. The Balaban J connectivity index is 2.39. The van der Waals surface area contributed by atoms with Crippen LogP contribution >= 0.6 is 0 Å². The molecule has 6 nitrogen and oxygen atoms in total. The molecule has 0 fully saturated rings. The summed E-state index contributed by atoms with van der Waals surface area (Å²) in [6.45, 7) is 0.668. The van der Waals surface area contributed by atoms with E-state index in [2.05, 4.69) is 4.74 Å². The number of carbonyl (C=O) groups is 3. The van der Waals surface area contributed by atoms with Crippen LogP contribution in [0.3, 0.4) is 0 Å². The zero-order valence-corrected chi connectivity index (χ0v) is 9.53. The Hall–Kier alpha value is -2.44. The van der Waals surface area contributed by atoms with Gasteiger partial charge >= 0.3 is 5.97 Å². The van der Waals surface area contributed by atoms with Gasteiger partial charge in [0.25, 0.3) is 5.91 Å². The van der Waals surface area contributed by atoms with Crippen LogP contribution in [0.15, 0.2) is 24.3 Å². The van der Waals surface area contributed by atoms with E-state index in [0.29, 0.717) is 0 Å². The summed E-state index contributed by atoms with van der Waals surface area (Å²) in [6.07, 6.45) is 0. The van der Waals surface area contributed by atoms with Gasteiger partial charge in [0, 0.05) is 6.92 Å². The highest BCUT2D eigenvalue weighted by atomic mass is 19.1. The van der Waals surface area contributed by atoms with Crippen molar-refractivity contribution in [3.63, 3.8) is 0 Å². The van der Waals surface area contributed by atoms with Crippen molar-refractivity contribution in [2.45, 2.75) is 6.92 Å². The third kappa shape index (κ3) is 4.60. The normalized spacial score (nSPS) is 9.44. The van der Waals surface area contributed by atoms with Crippen molar-refractivity contribution < 1.29 is 23.5 Å². The number of carbonyl (C=O) groups excluding carboxylic acids is 3. The monoisotopic (exact) mass is 254 g/mol. The maximum Gasteiger partial charge on any atom is 0.338 e. The van der Waals surface area contributed by atoms with Crippen LogP contribution in [-0.4, -0.2) is 24.4 Å². The first-order valence-electron chi connectivity index (χ1n) is 4.97. The fourth-order valence-electron chi connectivity index (χ4n) is 0.994. The van der Waals surface area contributed by atoms with Crippen LogP contribution in [0.4, 0.5) is 4.39 Å². The Labute approximate surface area is 102 Å². The molecule has 96 valence electrons. The molecule has 0 aliphatic carbocycles.